The lowest BCUT2D eigenvalue weighted by atomic mass is 10.1. The van der Waals surface area contributed by atoms with Gasteiger partial charge in [-0.3, -0.25) is 4.79 Å². The molecule has 1 fully saturated rings. The minimum atomic E-state index is -4.66. The van der Waals surface area contributed by atoms with E-state index >= 15 is 0 Å². The summed E-state index contributed by atoms with van der Waals surface area (Å²) in [6.45, 7) is 2.37. The first-order valence-corrected chi connectivity index (χ1v) is 9.74. The highest BCUT2D eigenvalue weighted by Gasteiger charge is 2.37. The molecule has 1 amide bonds. The van der Waals surface area contributed by atoms with Crippen LogP contribution in [-0.2, 0) is 6.18 Å². The number of aromatic nitrogens is 3. The molecule has 0 saturated carbocycles. The second kappa shape index (κ2) is 7.42. The fourth-order valence-corrected chi connectivity index (χ4v) is 3.75. The van der Waals surface area contributed by atoms with Gasteiger partial charge in [0.15, 0.2) is 17.0 Å². The van der Waals surface area contributed by atoms with E-state index in [1.54, 1.807) is 35.2 Å². The molecule has 0 radical (unpaired) electrons. The summed E-state index contributed by atoms with van der Waals surface area (Å²) in [5.74, 6) is -0.412. The highest BCUT2D eigenvalue weighted by atomic mass is 79.9. The molecule has 3 aromatic rings. The van der Waals surface area contributed by atoms with Gasteiger partial charge in [0.2, 0.25) is 0 Å². The minimum absolute atomic E-state index is 0.0452. The highest BCUT2D eigenvalue weighted by Crippen LogP contribution is 2.34. The maximum Gasteiger partial charge on any atom is 0.433 e. The Morgan fingerprint density at radius 3 is 2.38 bits per heavy atom. The molecule has 3 heterocycles. The molecular weight excluding hydrogens is 451 g/mol. The lowest BCUT2D eigenvalue weighted by molar-refractivity contribution is -0.142. The number of carbonyl (C=O) groups is 1. The predicted octanol–water partition coefficient (Wildman–Crippen LogP) is 3.57. The fourth-order valence-electron chi connectivity index (χ4n) is 3.25. The monoisotopic (exact) mass is 467 g/mol. The lowest BCUT2D eigenvalue weighted by Crippen LogP contribution is -2.47. The summed E-state index contributed by atoms with van der Waals surface area (Å²) in [6, 6.07) is 9.53. The Balaban J connectivity index is 1.85. The number of piperazine rings is 1. The van der Waals surface area contributed by atoms with Crippen molar-refractivity contribution in [3.63, 3.8) is 0 Å². The molecule has 0 bridgehead atoms. The molecule has 0 unspecified atom stereocenters. The zero-order valence-corrected chi connectivity index (χ0v) is 17.0. The van der Waals surface area contributed by atoms with Crippen molar-refractivity contribution in [1.29, 1.82) is 0 Å². The van der Waals surface area contributed by atoms with E-state index in [9.17, 15) is 18.0 Å². The Labute approximate surface area is 173 Å². The number of halogens is 4. The van der Waals surface area contributed by atoms with Gasteiger partial charge in [0, 0.05) is 31.7 Å². The van der Waals surface area contributed by atoms with Crippen molar-refractivity contribution in [2.75, 3.05) is 33.2 Å². The average molecular weight is 468 g/mol. The molecule has 4 rings (SSSR count). The fraction of sp³-hybridized carbons (Fsp3) is 0.316. The Bertz CT molecular complexity index is 1060. The van der Waals surface area contributed by atoms with E-state index in [4.69, 9.17) is 0 Å². The van der Waals surface area contributed by atoms with Crippen molar-refractivity contribution < 1.29 is 18.0 Å². The summed E-state index contributed by atoms with van der Waals surface area (Å²) in [4.78, 5) is 20.9. The molecule has 2 aromatic heterocycles. The van der Waals surface area contributed by atoms with Gasteiger partial charge in [-0.15, -0.1) is 0 Å². The molecule has 1 aliphatic heterocycles. The summed E-state index contributed by atoms with van der Waals surface area (Å²) < 4.78 is 42.1. The standard InChI is InChI=1S/C19H17BrF3N5O/c1-26-7-9-27(10-8-26)18(29)16-15(20)17-24-13(12-5-3-2-4-6-12)11-14(19(21,22)23)28(17)25-16/h2-6,11H,7-10H2,1H3. The third-order valence-electron chi connectivity index (χ3n) is 4.89. The first kappa shape index (κ1) is 19.8. The van der Waals surface area contributed by atoms with Crippen LogP contribution in [0.2, 0.25) is 0 Å². The summed E-state index contributed by atoms with van der Waals surface area (Å²) in [5.41, 5.74) is -0.404. The molecule has 1 saturated heterocycles. The molecule has 6 nitrogen and oxygen atoms in total. The number of carbonyl (C=O) groups excluding carboxylic acids is 1. The summed E-state index contributed by atoms with van der Waals surface area (Å²) in [6.07, 6.45) is -4.66. The van der Waals surface area contributed by atoms with Gasteiger partial charge < -0.3 is 9.80 Å². The Hall–Kier alpha value is -2.46. The van der Waals surface area contributed by atoms with Crippen molar-refractivity contribution in [1.82, 2.24) is 24.4 Å². The van der Waals surface area contributed by atoms with Crippen LogP contribution in [0, 0.1) is 0 Å². The van der Waals surface area contributed by atoms with Crippen molar-refractivity contribution in [2.24, 2.45) is 0 Å². The number of amides is 1. The zero-order chi connectivity index (χ0) is 20.8. The van der Waals surface area contributed by atoms with Crippen LogP contribution in [0.3, 0.4) is 0 Å². The number of hydrogen-bond donors (Lipinski definition) is 0. The van der Waals surface area contributed by atoms with Gasteiger partial charge >= 0.3 is 6.18 Å². The summed E-state index contributed by atoms with van der Waals surface area (Å²) in [7, 11) is 1.95. The predicted molar refractivity (Wildman–Crippen MR) is 105 cm³/mol. The van der Waals surface area contributed by atoms with Crippen LogP contribution < -0.4 is 0 Å². The number of likely N-dealkylation sites (N-methyl/N-ethyl adjacent to an activating group) is 1. The van der Waals surface area contributed by atoms with Gasteiger partial charge in [0.05, 0.1) is 10.2 Å². The first-order valence-electron chi connectivity index (χ1n) is 8.95. The molecule has 0 N–H and O–H groups in total. The maximum absolute atomic E-state index is 13.7. The quantitative estimate of drug-likeness (QED) is 0.578. The normalized spacial score (nSPS) is 15.8. The lowest BCUT2D eigenvalue weighted by Gasteiger charge is -2.31. The topological polar surface area (TPSA) is 53.7 Å². The van der Waals surface area contributed by atoms with Crippen LogP contribution in [0.1, 0.15) is 16.2 Å². The molecule has 0 spiro atoms. The van der Waals surface area contributed by atoms with Crippen LogP contribution in [0.4, 0.5) is 13.2 Å². The van der Waals surface area contributed by atoms with Crippen molar-refractivity contribution in [2.45, 2.75) is 6.18 Å². The molecule has 29 heavy (non-hydrogen) atoms. The molecule has 0 aliphatic carbocycles. The number of nitrogens with zero attached hydrogens (tertiary/aromatic N) is 5. The van der Waals surface area contributed by atoms with Gasteiger partial charge in [-0.1, -0.05) is 30.3 Å². The molecule has 1 aromatic carbocycles. The molecule has 152 valence electrons. The number of hydrogen-bond acceptors (Lipinski definition) is 4. The third-order valence-corrected chi connectivity index (χ3v) is 5.62. The SMILES string of the molecule is CN1CCN(C(=O)c2nn3c(C(F)(F)F)cc(-c4ccccc4)nc3c2Br)CC1. The van der Waals surface area contributed by atoms with Gasteiger partial charge in [-0.05, 0) is 29.0 Å². The van der Waals surface area contributed by atoms with Crippen molar-refractivity contribution in [3.05, 3.63) is 52.3 Å². The minimum Gasteiger partial charge on any atom is -0.335 e. The zero-order valence-electron chi connectivity index (χ0n) is 15.4. The Morgan fingerprint density at radius 2 is 1.76 bits per heavy atom. The second-order valence-electron chi connectivity index (χ2n) is 6.88. The van der Waals surface area contributed by atoms with Gasteiger partial charge in [0.1, 0.15) is 0 Å². The molecule has 1 aliphatic rings. The Kier molecular flexibility index (Phi) is 5.07. The van der Waals surface area contributed by atoms with Gasteiger partial charge in [-0.25, -0.2) is 9.50 Å². The smallest absolute Gasteiger partial charge is 0.335 e. The van der Waals surface area contributed by atoms with E-state index < -0.39 is 17.8 Å². The summed E-state index contributed by atoms with van der Waals surface area (Å²) in [5, 5.41) is 3.99. The molecule has 10 heteroatoms. The van der Waals surface area contributed by atoms with Crippen LogP contribution >= 0.6 is 15.9 Å². The Morgan fingerprint density at radius 1 is 1.10 bits per heavy atom. The van der Waals surface area contributed by atoms with Gasteiger partial charge in [-0.2, -0.15) is 18.3 Å². The van der Waals surface area contributed by atoms with Crippen LogP contribution in [0.25, 0.3) is 16.9 Å². The average Bonchev–Trinajstić information content (AvgIpc) is 3.04. The van der Waals surface area contributed by atoms with Crippen molar-refractivity contribution in [3.8, 4) is 11.3 Å². The summed E-state index contributed by atoms with van der Waals surface area (Å²) >= 11 is 3.27. The number of benzene rings is 1. The van der Waals surface area contributed by atoms with Crippen LogP contribution in [0.15, 0.2) is 40.9 Å². The van der Waals surface area contributed by atoms with E-state index in [1.807, 2.05) is 7.05 Å². The largest absolute Gasteiger partial charge is 0.433 e. The van der Waals surface area contributed by atoms with E-state index in [0.717, 1.165) is 6.07 Å². The van der Waals surface area contributed by atoms with Gasteiger partial charge in [0.25, 0.3) is 5.91 Å². The second-order valence-corrected chi connectivity index (χ2v) is 7.68. The number of rotatable bonds is 2. The first-order chi connectivity index (χ1) is 13.8. The van der Waals surface area contributed by atoms with Crippen LogP contribution in [0.5, 0.6) is 0 Å². The number of fused-ring (bicyclic) bond motifs is 1. The van der Waals surface area contributed by atoms with E-state index in [-0.39, 0.29) is 21.5 Å². The maximum atomic E-state index is 13.7. The number of alkyl halides is 3. The van der Waals surface area contributed by atoms with Crippen LogP contribution in [-0.4, -0.2) is 63.5 Å². The third kappa shape index (κ3) is 3.74. The molecular formula is C19H17BrF3N5O. The van der Waals surface area contributed by atoms with E-state index in [0.29, 0.717) is 36.3 Å². The van der Waals surface area contributed by atoms with E-state index in [1.165, 1.54) is 0 Å². The highest BCUT2D eigenvalue weighted by molar-refractivity contribution is 9.10. The molecule has 0 atom stereocenters. The van der Waals surface area contributed by atoms with E-state index in [2.05, 4.69) is 30.9 Å². The van der Waals surface area contributed by atoms with Crippen molar-refractivity contribution >= 4 is 27.5 Å².